The lowest BCUT2D eigenvalue weighted by molar-refractivity contribution is 0.0999. The van der Waals surface area contributed by atoms with Crippen molar-refractivity contribution in [3.8, 4) is 0 Å². The Morgan fingerprint density at radius 2 is 0.900 bits per heavy atom. The molecule has 0 saturated carbocycles. The highest BCUT2D eigenvalue weighted by molar-refractivity contribution is 6.03. The van der Waals surface area contributed by atoms with Gasteiger partial charge >= 0.3 is 0 Å². The predicted octanol–water partition coefficient (Wildman–Crippen LogP) is 1.43. The standard InChI is InChI=1S/C9H9N3O3.C3H8.C2H6/c10-7(13)4-1-5(8(11)14)3-6(2-4)9(12)15;1-3-2;1-2/h1-3H,(H2,10,13)(H2,11,14)(H2,12,15);3H2,1-2H3;1-2H3. The summed E-state index contributed by atoms with van der Waals surface area (Å²) in [6.07, 6.45) is 1.25. The van der Waals surface area contributed by atoms with E-state index in [2.05, 4.69) is 13.8 Å². The van der Waals surface area contributed by atoms with Gasteiger partial charge in [0, 0.05) is 16.7 Å². The van der Waals surface area contributed by atoms with Crippen molar-refractivity contribution in [1.82, 2.24) is 0 Å². The summed E-state index contributed by atoms with van der Waals surface area (Å²) in [6, 6.07) is 3.62. The molecule has 6 heteroatoms. The first kappa shape index (κ1) is 20.0. The van der Waals surface area contributed by atoms with E-state index >= 15 is 0 Å². The lowest BCUT2D eigenvalue weighted by Crippen LogP contribution is -2.19. The molecule has 0 fully saturated rings. The molecule has 1 aromatic carbocycles. The van der Waals surface area contributed by atoms with Crippen molar-refractivity contribution in [3.05, 3.63) is 34.9 Å². The van der Waals surface area contributed by atoms with Crippen molar-refractivity contribution in [3.63, 3.8) is 0 Å². The third-order valence-electron chi connectivity index (χ3n) is 1.79. The fourth-order valence-corrected chi connectivity index (χ4v) is 1.05. The number of benzene rings is 1. The van der Waals surface area contributed by atoms with Gasteiger partial charge in [0.05, 0.1) is 0 Å². The molecule has 0 atom stereocenters. The molecule has 0 aliphatic rings. The summed E-state index contributed by atoms with van der Waals surface area (Å²) in [5, 5.41) is 0. The van der Waals surface area contributed by atoms with E-state index in [1.165, 1.54) is 24.6 Å². The quantitative estimate of drug-likeness (QED) is 0.774. The number of hydrogen-bond donors (Lipinski definition) is 3. The van der Waals surface area contributed by atoms with Crippen LogP contribution in [0.1, 0.15) is 65.2 Å². The normalized spacial score (nSPS) is 8.40. The minimum Gasteiger partial charge on any atom is -0.366 e. The number of carbonyl (C=O) groups excluding carboxylic acids is 3. The molecular formula is C14H23N3O3. The molecule has 0 saturated heterocycles. The van der Waals surface area contributed by atoms with Crippen LogP contribution in [-0.2, 0) is 0 Å². The Morgan fingerprint density at radius 1 is 0.750 bits per heavy atom. The third kappa shape index (κ3) is 7.15. The van der Waals surface area contributed by atoms with Crippen molar-refractivity contribution in [2.75, 3.05) is 0 Å². The molecule has 0 unspecified atom stereocenters. The fourth-order valence-electron chi connectivity index (χ4n) is 1.05. The maximum Gasteiger partial charge on any atom is 0.248 e. The highest BCUT2D eigenvalue weighted by Crippen LogP contribution is 2.09. The van der Waals surface area contributed by atoms with Crippen LogP contribution in [0, 0.1) is 0 Å². The van der Waals surface area contributed by atoms with Crippen LogP contribution >= 0.6 is 0 Å². The monoisotopic (exact) mass is 281 g/mol. The summed E-state index contributed by atoms with van der Waals surface area (Å²) in [4.78, 5) is 32.6. The van der Waals surface area contributed by atoms with Crippen LogP contribution in [0.2, 0.25) is 0 Å². The van der Waals surface area contributed by atoms with E-state index in [0.29, 0.717) is 0 Å². The van der Waals surface area contributed by atoms with Gasteiger partial charge in [-0.3, -0.25) is 14.4 Å². The Kier molecular flexibility index (Phi) is 10.5. The van der Waals surface area contributed by atoms with Gasteiger partial charge < -0.3 is 17.2 Å². The Labute approximate surface area is 119 Å². The highest BCUT2D eigenvalue weighted by Gasteiger charge is 2.11. The van der Waals surface area contributed by atoms with E-state index in [-0.39, 0.29) is 16.7 Å². The third-order valence-corrected chi connectivity index (χ3v) is 1.79. The van der Waals surface area contributed by atoms with Crippen LogP contribution in [-0.4, -0.2) is 17.7 Å². The summed E-state index contributed by atoms with van der Waals surface area (Å²) in [6.45, 7) is 8.25. The summed E-state index contributed by atoms with van der Waals surface area (Å²) < 4.78 is 0. The molecule has 0 heterocycles. The summed E-state index contributed by atoms with van der Waals surface area (Å²) >= 11 is 0. The van der Waals surface area contributed by atoms with Gasteiger partial charge in [0.25, 0.3) is 0 Å². The van der Waals surface area contributed by atoms with Crippen molar-refractivity contribution in [2.24, 2.45) is 17.2 Å². The van der Waals surface area contributed by atoms with Gasteiger partial charge in [0.15, 0.2) is 0 Å². The topological polar surface area (TPSA) is 129 Å². The van der Waals surface area contributed by atoms with Crippen LogP contribution in [0.5, 0.6) is 0 Å². The van der Waals surface area contributed by atoms with E-state index in [1.807, 2.05) is 13.8 Å². The second-order valence-electron chi connectivity index (χ2n) is 3.60. The zero-order chi connectivity index (χ0) is 16.3. The van der Waals surface area contributed by atoms with E-state index in [4.69, 9.17) is 17.2 Å². The second kappa shape index (κ2) is 10.5. The molecule has 112 valence electrons. The number of nitrogens with two attached hydrogens (primary N) is 3. The first-order valence-corrected chi connectivity index (χ1v) is 6.37. The highest BCUT2D eigenvalue weighted by atomic mass is 16.2. The Hall–Kier alpha value is -2.37. The SMILES string of the molecule is CC.CCC.NC(=O)c1cc(C(N)=O)cc(C(N)=O)c1. The van der Waals surface area contributed by atoms with Crippen LogP contribution in [0.15, 0.2) is 18.2 Å². The molecule has 0 aliphatic carbocycles. The van der Waals surface area contributed by atoms with E-state index in [9.17, 15) is 14.4 Å². The lowest BCUT2D eigenvalue weighted by Gasteiger charge is -2.02. The number of hydrogen-bond acceptors (Lipinski definition) is 3. The van der Waals surface area contributed by atoms with Gasteiger partial charge in [-0.2, -0.15) is 0 Å². The second-order valence-corrected chi connectivity index (χ2v) is 3.60. The molecule has 0 aliphatic heterocycles. The largest absolute Gasteiger partial charge is 0.366 e. The summed E-state index contributed by atoms with van der Waals surface area (Å²) in [7, 11) is 0. The zero-order valence-corrected chi connectivity index (χ0v) is 12.4. The van der Waals surface area contributed by atoms with Gasteiger partial charge in [-0.15, -0.1) is 0 Å². The van der Waals surface area contributed by atoms with Gasteiger partial charge in [-0.05, 0) is 18.2 Å². The molecule has 1 rings (SSSR count). The Bertz CT molecular complexity index is 392. The fraction of sp³-hybridized carbons (Fsp3) is 0.357. The van der Waals surface area contributed by atoms with Crippen LogP contribution < -0.4 is 17.2 Å². The number of rotatable bonds is 3. The molecule has 6 nitrogen and oxygen atoms in total. The predicted molar refractivity (Wildman–Crippen MR) is 79.3 cm³/mol. The van der Waals surface area contributed by atoms with Crippen molar-refractivity contribution >= 4 is 17.7 Å². The van der Waals surface area contributed by atoms with E-state index < -0.39 is 17.7 Å². The molecule has 0 aromatic heterocycles. The van der Waals surface area contributed by atoms with E-state index in [0.717, 1.165) is 0 Å². The Morgan fingerprint density at radius 3 is 1.00 bits per heavy atom. The number of carbonyl (C=O) groups is 3. The van der Waals surface area contributed by atoms with Crippen molar-refractivity contribution in [2.45, 2.75) is 34.1 Å². The molecule has 0 radical (unpaired) electrons. The average Bonchev–Trinajstić information content (AvgIpc) is 2.41. The first-order valence-electron chi connectivity index (χ1n) is 6.37. The number of amides is 3. The maximum absolute atomic E-state index is 10.9. The zero-order valence-electron chi connectivity index (χ0n) is 12.4. The van der Waals surface area contributed by atoms with E-state index in [1.54, 1.807) is 0 Å². The molecule has 0 spiro atoms. The molecule has 1 aromatic rings. The molecule has 6 N–H and O–H groups in total. The molecule has 3 amide bonds. The average molecular weight is 281 g/mol. The van der Waals surface area contributed by atoms with Crippen LogP contribution in [0.25, 0.3) is 0 Å². The maximum atomic E-state index is 10.9. The molecular weight excluding hydrogens is 258 g/mol. The molecule has 20 heavy (non-hydrogen) atoms. The van der Waals surface area contributed by atoms with Gasteiger partial charge in [-0.1, -0.05) is 34.1 Å². The smallest absolute Gasteiger partial charge is 0.248 e. The summed E-state index contributed by atoms with van der Waals surface area (Å²) in [5.41, 5.74) is 15.1. The lowest BCUT2D eigenvalue weighted by atomic mass is 10.0. The van der Waals surface area contributed by atoms with Gasteiger partial charge in [0.2, 0.25) is 17.7 Å². The van der Waals surface area contributed by atoms with Gasteiger partial charge in [-0.25, -0.2) is 0 Å². The van der Waals surface area contributed by atoms with Crippen LogP contribution in [0.3, 0.4) is 0 Å². The number of primary amides is 3. The van der Waals surface area contributed by atoms with Crippen molar-refractivity contribution in [1.29, 1.82) is 0 Å². The minimum absolute atomic E-state index is 0.0140. The van der Waals surface area contributed by atoms with Crippen molar-refractivity contribution < 1.29 is 14.4 Å². The van der Waals surface area contributed by atoms with Crippen LogP contribution in [0.4, 0.5) is 0 Å². The molecule has 0 bridgehead atoms. The Balaban J connectivity index is 0. The minimum atomic E-state index is -0.763. The summed E-state index contributed by atoms with van der Waals surface area (Å²) in [5.74, 6) is -2.29. The first-order chi connectivity index (χ1) is 9.33. The van der Waals surface area contributed by atoms with Gasteiger partial charge in [0.1, 0.15) is 0 Å².